The minimum atomic E-state index is -2.56. The van der Waals surface area contributed by atoms with E-state index >= 15 is 0 Å². The van der Waals surface area contributed by atoms with E-state index in [4.69, 9.17) is 19.1 Å². The fourth-order valence-corrected chi connectivity index (χ4v) is 5.54. The lowest BCUT2D eigenvalue weighted by Gasteiger charge is -2.31. The summed E-state index contributed by atoms with van der Waals surface area (Å²) < 4.78 is 39.1. The molecule has 1 aromatic carbocycles. The lowest BCUT2D eigenvalue weighted by atomic mass is 10.0. The Morgan fingerprint density at radius 1 is 1.03 bits per heavy atom. The van der Waals surface area contributed by atoms with Crippen molar-refractivity contribution in [2.75, 3.05) is 44.3 Å². The van der Waals surface area contributed by atoms with Gasteiger partial charge >= 0.3 is 0 Å². The van der Waals surface area contributed by atoms with E-state index in [0.717, 1.165) is 39.8 Å². The Labute approximate surface area is 212 Å². The van der Waals surface area contributed by atoms with Crippen molar-refractivity contribution in [1.82, 2.24) is 19.9 Å². The molecule has 1 aliphatic carbocycles. The zero-order chi connectivity index (χ0) is 25.0. The van der Waals surface area contributed by atoms with Crippen molar-refractivity contribution in [2.24, 2.45) is 0 Å². The second-order valence-corrected chi connectivity index (χ2v) is 10.1. The van der Waals surface area contributed by atoms with Crippen molar-refractivity contribution < 1.29 is 17.9 Å². The highest BCUT2D eigenvalue weighted by atomic mass is 19.3. The van der Waals surface area contributed by atoms with E-state index in [1.54, 1.807) is 6.20 Å². The number of rotatable bonds is 4. The van der Waals surface area contributed by atoms with Crippen LogP contribution < -0.4 is 4.90 Å². The molecule has 0 unspecified atom stereocenters. The van der Waals surface area contributed by atoms with Crippen molar-refractivity contribution >= 4 is 34.1 Å². The summed E-state index contributed by atoms with van der Waals surface area (Å²) in [6.45, 7) is 4.00. The first-order chi connectivity index (χ1) is 18.0. The normalized spacial score (nSPS) is 19.7. The Hall–Kier alpha value is -3.43. The molecule has 9 heteroatoms. The number of morpholine rings is 1. The zero-order valence-corrected chi connectivity index (χ0v) is 20.4. The Morgan fingerprint density at radius 2 is 1.86 bits per heavy atom. The van der Waals surface area contributed by atoms with Crippen molar-refractivity contribution in [1.29, 1.82) is 0 Å². The van der Waals surface area contributed by atoms with Gasteiger partial charge in [0.1, 0.15) is 5.52 Å². The first kappa shape index (κ1) is 22.7. The molecular formula is C28H27F2N5O2. The third-order valence-electron chi connectivity index (χ3n) is 7.57. The molecule has 0 amide bonds. The van der Waals surface area contributed by atoms with E-state index in [2.05, 4.69) is 45.1 Å². The smallest absolute Gasteiger partial charge is 0.250 e. The maximum atomic E-state index is 13.6. The van der Waals surface area contributed by atoms with Crippen molar-refractivity contribution in [3.63, 3.8) is 0 Å². The van der Waals surface area contributed by atoms with E-state index in [-0.39, 0.29) is 12.8 Å². The second kappa shape index (κ2) is 8.85. The van der Waals surface area contributed by atoms with E-state index in [9.17, 15) is 8.78 Å². The number of alkyl halides is 2. The van der Waals surface area contributed by atoms with Gasteiger partial charge in [0.2, 0.25) is 5.71 Å². The molecule has 2 fully saturated rings. The average Bonchev–Trinajstić information content (AvgIpc) is 3.54. The number of anilines is 1. The molecule has 37 heavy (non-hydrogen) atoms. The predicted molar refractivity (Wildman–Crippen MR) is 138 cm³/mol. The summed E-state index contributed by atoms with van der Waals surface area (Å²) >= 11 is 0. The number of aromatic nitrogens is 3. The van der Waals surface area contributed by atoms with Gasteiger partial charge in [0.05, 0.1) is 18.6 Å². The van der Waals surface area contributed by atoms with E-state index in [1.165, 1.54) is 5.56 Å². The van der Waals surface area contributed by atoms with Crippen LogP contribution >= 0.6 is 0 Å². The molecule has 3 aliphatic rings. The van der Waals surface area contributed by atoms with Crippen LogP contribution in [-0.2, 0) is 17.7 Å². The highest BCUT2D eigenvalue weighted by Crippen LogP contribution is 2.37. The van der Waals surface area contributed by atoms with Gasteiger partial charge in [-0.15, -0.1) is 0 Å². The van der Waals surface area contributed by atoms with Gasteiger partial charge in [0.15, 0.2) is 17.2 Å². The molecule has 0 bridgehead atoms. The third-order valence-corrected chi connectivity index (χ3v) is 7.57. The second-order valence-electron chi connectivity index (χ2n) is 10.1. The third kappa shape index (κ3) is 4.16. The predicted octanol–water partition coefficient (Wildman–Crippen LogP) is 5.08. The minimum Gasteiger partial charge on any atom is -0.432 e. The molecule has 5 heterocycles. The van der Waals surface area contributed by atoms with Crippen molar-refractivity contribution in [3.05, 3.63) is 53.2 Å². The zero-order valence-electron chi connectivity index (χ0n) is 20.4. The summed E-state index contributed by atoms with van der Waals surface area (Å²) in [5.41, 5.74) is 6.22. The standard InChI is InChI=1S/C28H27F2N5O2/c29-28(30)7-9-34(10-8-28)17-18-15-22-23-24(37-27(22)31-16-18)26(35-11-13-36-14-12-35)33-25(32-23)21-6-2-4-19-3-1-5-20(19)21/h1-2,4-6,15-16H,3,7-14,17H2. The number of piperidine rings is 1. The molecule has 0 N–H and O–H groups in total. The first-order valence-electron chi connectivity index (χ1n) is 12.8. The molecule has 0 spiro atoms. The van der Waals surface area contributed by atoms with E-state index < -0.39 is 5.92 Å². The van der Waals surface area contributed by atoms with Crippen LogP contribution in [0.4, 0.5) is 14.6 Å². The van der Waals surface area contributed by atoms with Gasteiger partial charge in [0, 0.05) is 57.3 Å². The van der Waals surface area contributed by atoms with Crippen LogP contribution in [0.1, 0.15) is 29.5 Å². The fraction of sp³-hybridized carbons (Fsp3) is 0.393. The summed E-state index contributed by atoms with van der Waals surface area (Å²) in [6, 6.07) is 8.30. The number of ether oxygens (including phenoxy) is 1. The van der Waals surface area contributed by atoms with Gasteiger partial charge in [-0.3, -0.25) is 4.90 Å². The maximum Gasteiger partial charge on any atom is 0.250 e. The number of hydrogen-bond acceptors (Lipinski definition) is 7. The van der Waals surface area contributed by atoms with E-state index in [1.807, 2.05) is 6.07 Å². The number of hydrogen-bond donors (Lipinski definition) is 0. The summed E-state index contributed by atoms with van der Waals surface area (Å²) in [5.74, 6) is -1.15. The molecule has 4 aromatic rings. The highest BCUT2D eigenvalue weighted by molar-refractivity contribution is 6.05. The Balaban J connectivity index is 1.34. The molecule has 7 nitrogen and oxygen atoms in total. The quantitative estimate of drug-likeness (QED) is 0.385. The molecule has 3 aromatic heterocycles. The number of pyridine rings is 1. The molecule has 2 aliphatic heterocycles. The number of halogens is 2. The average molecular weight is 504 g/mol. The lowest BCUT2D eigenvalue weighted by Crippen LogP contribution is -2.38. The Morgan fingerprint density at radius 3 is 2.70 bits per heavy atom. The van der Waals surface area contributed by atoms with Crippen LogP contribution in [0.15, 0.2) is 41.0 Å². The van der Waals surface area contributed by atoms with Gasteiger partial charge in [-0.1, -0.05) is 30.4 Å². The van der Waals surface area contributed by atoms with Crippen LogP contribution in [-0.4, -0.2) is 65.2 Å². The van der Waals surface area contributed by atoms with Crippen LogP contribution in [0.25, 0.3) is 39.7 Å². The molecule has 190 valence electrons. The summed E-state index contributed by atoms with van der Waals surface area (Å²) in [4.78, 5) is 18.9. The number of furan rings is 1. The van der Waals surface area contributed by atoms with E-state index in [0.29, 0.717) is 63.1 Å². The molecule has 0 saturated carbocycles. The largest absolute Gasteiger partial charge is 0.432 e. The van der Waals surface area contributed by atoms with Crippen LogP contribution in [0.3, 0.4) is 0 Å². The van der Waals surface area contributed by atoms with Gasteiger partial charge < -0.3 is 14.1 Å². The summed E-state index contributed by atoms with van der Waals surface area (Å²) in [6.07, 6.45) is 6.78. The van der Waals surface area contributed by atoms with Crippen molar-refractivity contribution in [2.45, 2.75) is 31.7 Å². The monoisotopic (exact) mass is 503 g/mol. The first-order valence-corrected chi connectivity index (χ1v) is 12.8. The SMILES string of the molecule is FC1(F)CCN(Cc2cnc3oc4c(N5CCOCC5)nc(-c5cccc6c5C=CC6)nc4c3c2)CC1. The topological polar surface area (TPSA) is 67.5 Å². The van der Waals surface area contributed by atoms with Gasteiger partial charge in [-0.25, -0.2) is 23.7 Å². The maximum absolute atomic E-state index is 13.6. The summed E-state index contributed by atoms with van der Waals surface area (Å²) in [7, 11) is 0. The highest BCUT2D eigenvalue weighted by Gasteiger charge is 2.34. The number of benzene rings is 1. The fourth-order valence-electron chi connectivity index (χ4n) is 5.54. The van der Waals surface area contributed by atoms with Crippen molar-refractivity contribution in [3.8, 4) is 11.4 Å². The van der Waals surface area contributed by atoms with Gasteiger partial charge in [0.25, 0.3) is 5.92 Å². The molecule has 7 rings (SSSR count). The molecule has 0 radical (unpaired) electrons. The Bertz CT molecular complexity index is 1520. The van der Waals surface area contributed by atoms with Gasteiger partial charge in [-0.2, -0.15) is 0 Å². The summed E-state index contributed by atoms with van der Waals surface area (Å²) in [5, 5.41) is 0.816. The minimum absolute atomic E-state index is 0.105. The number of nitrogens with zero attached hydrogens (tertiary/aromatic N) is 5. The molecule has 2 saturated heterocycles. The molecule has 0 atom stereocenters. The van der Waals surface area contributed by atoms with Gasteiger partial charge in [-0.05, 0) is 29.2 Å². The number of likely N-dealkylation sites (tertiary alicyclic amines) is 1. The van der Waals surface area contributed by atoms with Crippen LogP contribution in [0.2, 0.25) is 0 Å². The molecular weight excluding hydrogens is 476 g/mol. The lowest BCUT2D eigenvalue weighted by molar-refractivity contribution is -0.0566. The van der Waals surface area contributed by atoms with Crippen LogP contribution in [0, 0.1) is 0 Å². The number of allylic oxidation sites excluding steroid dienone is 1. The number of fused-ring (bicyclic) bond motifs is 4. The Kier molecular flexibility index (Phi) is 5.44. The van der Waals surface area contributed by atoms with Crippen LogP contribution in [0.5, 0.6) is 0 Å².